The summed E-state index contributed by atoms with van der Waals surface area (Å²) in [5.74, 6) is 0. The van der Waals surface area contributed by atoms with Crippen LogP contribution < -0.4 is 10.6 Å². The molecule has 2 aliphatic heterocycles. The van der Waals surface area contributed by atoms with E-state index in [0.717, 1.165) is 11.3 Å². The normalized spacial score (nSPS) is 27.1. The number of hydrogen-bond acceptors (Lipinski definition) is 0. The summed E-state index contributed by atoms with van der Waals surface area (Å²) in [6.45, 7) is 0. The van der Waals surface area contributed by atoms with Gasteiger partial charge in [0, 0.05) is 11.3 Å². The summed E-state index contributed by atoms with van der Waals surface area (Å²) in [6, 6.07) is 32.2. The largest absolute Gasteiger partial charge is 0.0670 e. The Labute approximate surface area is 171 Å². The fourth-order valence-electron chi connectivity index (χ4n) is 5.10. The Bertz CT molecular complexity index is 829. The van der Waals surface area contributed by atoms with Gasteiger partial charge in [0.1, 0.15) is 0 Å². The summed E-state index contributed by atoms with van der Waals surface area (Å²) in [5, 5.41) is 3.47. The van der Waals surface area contributed by atoms with Crippen molar-refractivity contribution in [3.05, 3.63) is 96.1 Å². The minimum atomic E-state index is -0.0886. The van der Waals surface area contributed by atoms with Crippen molar-refractivity contribution in [3.8, 4) is 0 Å². The van der Waals surface area contributed by atoms with Crippen molar-refractivity contribution in [3.63, 3.8) is 0 Å². The van der Waals surface area contributed by atoms with E-state index in [1.54, 1.807) is 21.7 Å². The molecule has 0 N–H and O–H groups in total. The zero-order valence-corrected chi connectivity index (χ0v) is 18.2. The van der Waals surface area contributed by atoms with Gasteiger partial charge in [0.2, 0.25) is 0 Å². The summed E-state index contributed by atoms with van der Waals surface area (Å²) in [6.07, 6.45) is 8.32. The second kappa shape index (κ2) is 8.49. The molecule has 142 valence electrons. The van der Waals surface area contributed by atoms with E-state index >= 15 is 0 Å². The summed E-state index contributed by atoms with van der Waals surface area (Å²) < 4.78 is 0. The molecule has 2 heterocycles. The van der Waals surface area contributed by atoms with Crippen molar-refractivity contribution >= 4 is 26.5 Å². The molecule has 0 bridgehead atoms. The molecule has 0 amide bonds. The first-order valence-corrected chi connectivity index (χ1v) is 13.8. The van der Waals surface area contributed by atoms with E-state index < -0.39 is 0 Å². The van der Waals surface area contributed by atoms with Gasteiger partial charge in [-0.05, 0) is 59.7 Å². The van der Waals surface area contributed by atoms with Crippen molar-refractivity contribution < 1.29 is 0 Å². The van der Waals surface area contributed by atoms with Gasteiger partial charge in [0.25, 0.3) is 0 Å². The highest BCUT2D eigenvalue weighted by atomic mass is 31.1. The zero-order valence-electron chi connectivity index (χ0n) is 16.4. The predicted octanol–water partition coefficient (Wildman–Crippen LogP) is 6.97. The smallest absolute Gasteiger partial charge is 0.00823 e. The van der Waals surface area contributed by atoms with Crippen molar-refractivity contribution in [2.24, 2.45) is 0 Å². The van der Waals surface area contributed by atoms with Gasteiger partial charge in [0.15, 0.2) is 0 Å². The van der Waals surface area contributed by atoms with Crippen LogP contribution in [-0.4, -0.2) is 12.3 Å². The Hall–Kier alpha value is -1.48. The molecule has 0 spiro atoms. The van der Waals surface area contributed by atoms with Crippen molar-refractivity contribution in [1.29, 1.82) is 0 Å². The van der Waals surface area contributed by atoms with E-state index in [2.05, 4.69) is 84.9 Å². The quantitative estimate of drug-likeness (QED) is 0.413. The Morgan fingerprint density at radius 3 is 1.32 bits per heavy atom. The van der Waals surface area contributed by atoms with Crippen LogP contribution in [0.5, 0.6) is 0 Å². The molecule has 4 unspecified atom stereocenters. The highest BCUT2D eigenvalue weighted by Crippen LogP contribution is 2.62. The second-order valence-electron chi connectivity index (χ2n) is 8.01. The molecule has 28 heavy (non-hydrogen) atoms. The molecular weight excluding hydrogens is 374 g/mol. The standard InChI is InChI=1S/C26H28P2/c1-3-11-21(12-4-1)23-17-9-19-27(23)25-15-7-8-16-26(25)28-20-10-18-24(28)22-13-5-2-6-14-22/h1-8,11-16,23-24H,9-10,17-20H2. The van der Waals surface area contributed by atoms with Gasteiger partial charge in [0.05, 0.1) is 0 Å². The first-order valence-electron chi connectivity index (χ1n) is 10.6. The third-order valence-electron chi connectivity index (χ3n) is 6.37. The maximum atomic E-state index is 2.49. The van der Waals surface area contributed by atoms with Crippen LogP contribution in [0.15, 0.2) is 84.9 Å². The Morgan fingerprint density at radius 1 is 0.500 bits per heavy atom. The molecule has 0 saturated carbocycles. The van der Waals surface area contributed by atoms with Crippen LogP contribution >= 0.6 is 15.8 Å². The Balaban J connectivity index is 1.51. The summed E-state index contributed by atoms with van der Waals surface area (Å²) >= 11 is 0. The highest BCUT2D eigenvalue weighted by molar-refractivity contribution is 7.72. The molecule has 2 saturated heterocycles. The molecule has 2 aliphatic rings. The first-order chi connectivity index (χ1) is 13.9. The average molecular weight is 402 g/mol. The minimum absolute atomic E-state index is 0.0886. The third-order valence-corrected chi connectivity index (χ3v) is 12.8. The maximum Gasteiger partial charge on any atom is 0.00823 e. The van der Waals surface area contributed by atoms with Gasteiger partial charge in [-0.2, -0.15) is 0 Å². The molecule has 2 heteroatoms. The maximum absolute atomic E-state index is 2.49. The van der Waals surface area contributed by atoms with Crippen LogP contribution in [0.1, 0.15) is 48.1 Å². The van der Waals surface area contributed by atoms with Crippen molar-refractivity contribution in [1.82, 2.24) is 0 Å². The average Bonchev–Trinajstić information content (AvgIpc) is 3.45. The molecule has 3 aromatic carbocycles. The molecule has 2 fully saturated rings. The summed E-state index contributed by atoms with van der Waals surface area (Å²) in [5.41, 5.74) is 4.65. The van der Waals surface area contributed by atoms with Gasteiger partial charge in [-0.1, -0.05) is 101 Å². The molecule has 0 aliphatic carbocycles. The number of hydrogen-bond donors (Lipinski definition) is 0. The first kappa shape index (κ1) is 18.5. The second-order valence-corrected chi connectivity index (χ2v) is 13.0. The van der Waals surface area contributed by atoms with E-state index in [1.165, 1.54) is 38.0 Å². The van der Waals surface area contributed by atoms with Gasteiger partial charge in [-0.3, -0.25) is 0 Å². The summed E-state index contributed by atoms with van der Waals surface area (Å²) in [7, 11) is -0.177. The van der Waals surface area contributed by atoms with Crippen LogP contribution in [0.4, 0.5) is 0 Å². The Kier molecular flexibility index (Phi) is 5.62. The summed E-state index contributed by atoms with van der Waals surface area (Å²) in [4.78, 5) is 0. The van der Waals surface area contributed by atoms with E-state index in [-0.39, 0.29) is 15.8 Å². The van der Waals surface area contributed by atoms with E-state index in [4.69, 9.17) is 0 Å². The Morgan fingerprint density at radius 2 is 0.893 bits per heavy atom. The molecule has 4 atom stereocenters. The topological polar surface area (TPSA) is 0 Å². The van der Waals surface area contributed by atoms with Crippen LogP contribution in [0.3, 0.4) is 0 Å². The molecular formula is C26H28P2. The lowest BCUT2D eigenvalue weighted by atomic mass is 10.1. The van der Waals surface area contributed by atoms with Crippen molar-refractivity contribution in [2.45, 2.75) is 37.0 Å². The zero-order chi connectivity index (χ0) is 18.8. The molecule has 0 aromatic heterocycles. The highest BCUT2D eigenvalue weighted by Gasteiger charge is 2.35. The van der Waals surface area contributed by atoms with Crippen LogP contribution in [0.2, 0.25) is 0 Å². The molecule has 0 nitrogen and oxygen atoms in total. The lowest BCUT2D eigenvalue weighted by molar-refractivity contribution is 0.827. The number of rotatable bonds is 4. The SMILES string of the molecule is c1ccc(C2CCCP2c2ccccc2P2CCCC2c2ccccc2)cc1. The van der Waals surface area contributed by atoms with E-state index in [0.29, 0.717) is 0 Å². The predicted molar refractivity (Wildman–Crippen MR) is 126 cm³/mol. The van der Waals surface area contributed by atoms with Crippen LogP contribution in [0.25, 0.3) is 0 Å². The molecule has 5 rings (SSSR count). The molecule has 3 aromatic rings. The van der Waals surface area contributed by atoms with Gasteiger partial charge in [-0.15, -0.1) is 0 Å². The fourth-order valence-corrected chi connectivity index (χ4v) is 12.0. The van der Waals surface area contributed by atoms with E-state index in [9.17, 15) is 0 Å². The number of benzene rings is 3. The lowest BCUT2D eigenvalue weighted by Gasteiger charge is -2.28. The van der Waals surface area contributed by atoms with Crippen molar-refractivity contribution in [2.75, 3.05) is 12.3 Å². The fraction of sp³-hybridized carbons (Fsp3) is 0.308. The third kappa shape index (κ3) is 3.58. The van der Waals surface area contributed by atoms with E-state index in [1.807, 2.05) is 0 Å². The lowest BCUT2D eigenvalue weighted by Crippen LogP contribution is -2.24. The van der Waals surface area contributed by atoms with Crippen LogP contribution in [-0.2, 0) is 0 Å². The van der Waals surface area contributed by atoms with Gasteiger partial charge >= 0.3 is 0 Å². The monoisotopic (exact) mass is 402 g/mol. The van der Waals surface area contributed by atoms with Gasteiger partial charge in [-0.25, -0.2) is 0 Å². The van der Waals surface area contributed by atoms with Crippen LogP contribution in [0, 0.1) is 0 Å². The minimum Gasteiger partial charge on any atom is -0.0670 e. The van der Waals surface area contributed by atoms with Gasteiger partial charge < -0.3 is 0 Å². The molecule has 0 radical (unpaired) electrons.